The van der Waals surface area contributed by atoms with Gasteiger partial charge in [0.2, 0.25) is 5.91 Å². The van der Waals surface area contributed by atoms with E-state index < -0.39 is 0 Å². The van der Waals surface area contributed by atoms with Crippen LogP contribution in [0.5, 0.6) is 0 Å². The topological polar surface area (TPSA) is 45.9 Å². The number of hydrogen-bond acceptors (Lipinski definition) is 3. The molecule has 2 rings (SSSR count). The van der Waals surface area contributed by atoms with Crippen molar-refractivity contribution in [3.63, 3.8) is 0 Å². The van der Waals surface area contributed by atoms with Gasteiger partial charge in [0, 0.05) is 29.3 Å². The first-order chi connectivity index (χ1) is 10.1. The highest BCUT2D eigenvalue weighted by molar-refractivity contribution is 7.99. The molecule has 4 nitrogen and oxygen atoms in total. The number of amides is 1. The van der Waals surface area contributed by atoms with Crippen molar-refractivity contribution in [2.75, 3.05) is 25.9 Å². The second kappa shape index (κ2) is 8.41. The molecule has 6 heteroatoms. The molecule has 1 aromatic carbocycles. The third kappa shape index (κ3) is 6.08. The lowest BCUT2D eigenvalue weighted by molar-refractivity contribution is -0.880. The van der Waals surface area contributed by atoms with Crippen LogP contribution in [0, 0.1) is 0 Å². The first kappa shape index (κ1) is 16.3. The molecule has 0 radical (unpaired) electrons. The van der Waals surface area contributed by atoms with Crippen molar-refractivity contribution in [2.45, 2.75) is 18.6 Å². The van der Waals surface area contributed by atoms with Gasteiger partial charge in [-0.15, -0.1) is 11.8 Å². The molecule has 1 fully saturated rings. The van der Waals surface area contributed by atoms with Crippen LogP contribution in [0.2, 0.25) is 5.02 Å². The first-order valence-corrected chi connectivity index (χ1v) is 8.64. The molecule has 1 amide bonds. The van der Waals surface area contributed by atoms with Crippen molar-refractivity contribution in [3.05, 3.63) is 34.9 Å². The largest absolute Gasteiger partial charge is 0.337 e. The molecule has 1 saturated heterocycles. The molecular formula is C15H21ClN3OS+. The lowest BCUT2D eigenvalue weighted by Crippen LogP contribution is -3.10. The Morgan fingerprint density at radius 3 is 2.67 bits per heavy atom. The fourth-order valence-corrected chi connectivity index (χ4v) is 3.00. The van der Waals surface area contributed by atoms with Crippen LogP contribution in [0.1, 0.15) is 18.4 Å². The fourth-order valence-electron chi connectivity index (χ4n) is 2.09. The van der Waals surface area contributed by atoms with Crippen LogP contribution in [0.4, 0.5) is 0 Å². The number of thioether (sulfide) groups is 1. The van der Waals surface area contributed by atoms with Crippen molar-refractivity contribution in [1.29, 1.82) is 0 Å². The highest BCUT2D eigenvalue weighted by atomic mass is 35.5. The van der Waals surface area contributed by atoms with Gasteiger partial charge in [-0.1, -0.05) is 23.7 Å². The number of carbonyl (C=O) groups excluding carboxylic acids is 1. The Hall–Kier alpha value is -1.04. The quantitative estimate of drug-likeness (QED) is 0.802. The maximum absolute atomic E-state index is 11.7. The third-order valence-electron chi connectivity index (χ3n) is 3.43. The molecule has 21 heavy (non-hydrogen) atoms. The zero-order chi connectivity index (χ0) is 15.1. The van der Waals surface area contributed by atoms with Gasteiger partial charge in [-0.25, -0.2) is 5.43 Å². The number of piperidine rings is 1. The summed E-state index contributed by atoms with van der Waals surface area (Å²) in [5, 5.41) is 4.96. The Kier molecular flexibility index (Phi) is 6.54. The molecule has 0 atom stereocenters. The van der Waals surface area contributed by atoms with Gasteiger partial charge < -0.3 is 4.90 Å². The standard InChI is InChI=1S/C15H20ClN3OS/c1-19-8-6-14(7-9-19)17-18-15(20)11-21-10-12-2-4-13(16)5-3-12/h2-5H,6-11H2,1H3,(H,18,20)/p+1. The monoisotopic (exact) mass is 326 g/mol. The number of hydrogen-bond donors (Lipinski definition) is 2. The van der Waals surface area contributed by atoms with Crippen LogP contribution < -0.4 is 10.3 Å². The zero-order valence-electron chi connectivity index (χ0n) is 12.2. The van der Waals surface area contributed by atoms with Gasteiger partial charge in [0.1, 0.15) is 0 Å². The summed E-state index contributed by atoms with van der Waals surface area (Å²) in [7, 11) is 2.18. The van der Waals surface area contributed by atoms with Crippen molar-refractivity contribution in [3.8, 4) is 0 Å². The number of halogens is 1. The van der Waals surface area contributed by atoms with Gasteiger partial charge in [-0.05, 0) is 17.7 Å². The van der Waals surface area contributed by atoms with Crippen LogP contribution in [0.3, 0.4) is 0 Å². The number of hydrazone groups is 1. The van der Waals surface area contributed by atoms with Crippen LogP contribution in [-0.2, 0) is 10.5 Å². The summed E-state index contributed by atoms with van der Waals surface area (Å²) < 4.78 is 0. The van der Waals surface area contributed by atoms with E-state index in [0.717, 1.165) is 42.4 Å². The predicted molar refractivity (Wildman–Crippen MR) is 89.0 cm³/mol. The average molecular weight is 327 g/mol. The van der Waals surface area contributed by atoms with E-state index in [-0.39, 0.29) is 5.91 Å². The summed E-state index contributed by atoms with van der Waals surface area (Å²) in [5.41, 5.74) is 4.94. The molecule has 1 aliphatic heterocycles. The third-order valence-corrected chi connectivity index (χ3v) is 4.69. The molecular weight excluding hydrogens is 306 g/mol. The summed E-state index contributed by atoms with van der Waals surface area (Å²) in [4.78, 5) is 13.3. The number of rotatable bonds is 5. The molecule has 0 bridgehead atoms. The Balaban J connectivity index is 1.65. The number of benzene rings is 1. The first-order valence-electron chi connectivity index (χ1n) is 7.11. The van der Waals surface area contributed by atoms with Crippen molar-refractivity contribution >= 4 is 35.0 Å². The molecule has 1 aliphatic rings. The smallest absolute Gasteiger partial charge is 0.250 e. The van der Waals surface area contributed by atoms with Crippen LogP contribution in [0.25, 0.3) is 0 Å². The van der Waals surface area contributed by atoms with E-state index in [4.69, 9.17) is 11.6 Å². The zero-order valence-corrected chi connectivity index (χ0v) is 13.8. The minimum absolute atomic E-state index is 0.0345. The molecule has 0 saturated carbocycles. The van der Waals surface area contributed by atoms with E-state index in [1.165, 1.54) is 10.5 Å². The molecule has 1 aromatic rings. The highest BCUT2D eigenvalue weighted by Gasteiger charge is 2.14. The number of nitrogens with one attached hydrogen (secondary N) is 2. The summed E-state index contributed by atoms with van der Waals surface area (Å²) in [6.07, 6.45) is 1.95. The molecule has 0 aliphatic carbocycles. The van der Waals surface area contributed by atoms with E-state index in [1.54, 1.807) is 11.8 Å². The molecule has 0 aromatic heterocycles. The summed E-state index contributed by atoms with van der Waals surface area (Å²) in [6.45, 7) is 2.19. The lowest BCUT2D eigenvalue weighted by Gasteiger charge is -2.20. The lowest BCUT2D eigenvalue weighted by atomic mass is 10.1. The molecule has 0 spiro atoms. The molecule has 114 valence electrons. The molecule has 1 heterocycles. The van der Waals surface area contributed by atoms with Gasteiger partial charge >= 0.3 is 0 Å². The Bertz CT molecular complexity index is 494. The number of nitrogens with zero attached hydrogens (tertiary/aromatic N) is 1. The minimum Gasteiger partial charge on any atom is -0.337 e. The van der Waals surface area contributed by atoms with Gasteiger partial charge in [-0.3, -0.25) is 4.79 Å². The average Bonchev–Trinajstić information content (AvgIpc) is 2.49. The van der Waals surface area contributed by atoms with Gasteiger partial charge in [0.25, 0.3) is 0 Å². The SMILES string of the molecule is C[NH+]1CCC(=NNC(=O)CSCc2ccc(Cl)cc2)CC1. The fraction of sp³-hybridized carbons (Fsp3) is 0.467. The van der Waals surface area contributed by atoms with Gasteiger partial charge in [0.05, 0.1) is 25.9 Å². The summed E-state index contributed by atoms with van der Waals surface area (Å²) in [5.74, 6) is 1.19. The second-order valence-electron chi connectivity index (χ2n) is 5.29. The highest BCUT2D eigenvalue weighted by Crippen LogP contribution is 2.15. The maximum atomic E-state index is 11.7. The molecule has 0 unspecified atom stereocenters. The Morgan fingerprint density at radius 2 is 2.00 bits per heavy atom. The van der Waals surface area contributed by atoms with Crippen LogP contribution in [0.15, 0.2) is 29.4 Å². The van der Waals surface area contributed by atoms with E-state index in [9.17, 15) is 4.79 Å². The summed E-state index contributed by atoms with van der Waals surface area (Å²) >= 11 is 7.41. The van der Waals surface area contributed by atoms with Crippen molar-refractivity contribution in [1.82, 2.24) is 5.43 Å². The van der Waals surface area contributed by atoms with Gasteiger partial charge in [-0.2, -0.15) is 5.10 Å². The van der Waals surface area contributed by atoms with E-state index in [1.807, 2.05) is 24.3 Å². The maximum Gasteiger partial charge on any atom is 0.250 e. The molecule has 2 N–H and O–H groups in total. The normalized spacial score (nSPS) is 18.4. The number of carbonyl (C=O) groups is 1. The van der Waals surface area contributed by atoms with Crippen molar-refractivity contribution < 1.29 is 9.69 Å². The van der Waals surface area contributed by atoms with Gasteiger partial charge in [0.15, 0.2) is 0 Å². The van der Waals surface area contributed by atoms with Crippen molar-refractivity contribution in [2.24, 2.45) is 5.10 Å². The number of likely N-dealkylation sites (tertiary alicyclic amines) is 1. The van der Waals surface area contributed by atoms with E-state index in [2.05, 4.69) is 17.6 Å². The summed E-state index contributed by atoms with van der Waals surface area (Å²) in [6, 6.07) is 7.69. The number of quaternary nitrogens is 1. The second-order valence-corrected chi connectivity index (χ2v) is 6.71. The van der Waals surface area contributed by atoms with E-state index >= 15 is 0 Å². The predicted octanol–water partition coefficient (Wildman–Crippen LogP) is 1.35. The Morgan fingerprint density at radius 1 is 1.33 bits per heavy atom. The van der Waals surface area contributed by atoms with Crippen LogP contribution in [-0.4, -0.2) is 37.5 Å². The van der Waals surface area contributed by atoms with E-state index in [0.29, 0.717) is 5.75 Å². The van der Waals surface area contributed by atoms with Crippen LogP contribution >= 0.6 is 23.4 Å². The minimum atomic E-state index is -0.0345. The Labute approximate surface area is 134 Å².